The van der Waals surface area contributed by atoms with Gasteiger partial charge < -0.3 is 16.0 Å². The lowest BCUT2D eigenvalue weighted by molar-refractivity contribution is 0.272. The number of piperazine rings is 1. The van der Waals surface area contributed by atoms with Gasteiger partial charge >= 0.3 is 0 Å². The fraction of sp³-hybridized carbons (Fsp3) is 0.778. The minimum Gasteiger partial charge on any atom is -0.313 e. The molecule has 0 aromatic heterocycles. The van der Waals surface area contributed by atoms with Gasteiger partial charge in [-0.25, -0.2) is 4.79 Å². The van der Waals surface area contributed by atoms with Crippen molar-refractivity contribution < 1.29 is 4.79 Å². The van der Waals surface area contributed by atoms with Crippen LogP contribution in [0.3, 0.4) is 0 Å². The van der Waals surface area contributed by atoms with Gasteiger partial charge in [0.15, 0.2) is 0 Å². The van der Waals surface area contributed by atoms with E-state index in [1.54, 1.807) is 0 Å². The van der Waals surface area contributed by atoms with Crippen molar-refractivity contribution in [2.75, 3.05) is 32.7 Å². The smallest absolute Gasteiger partial charge is 0.126 e. The number of rotatable bonds is 0. The first kappa shape index (κ1) is 8.91. The second-order valence-corrected chi connectivity index (χ2v) is 3.69. The molecule has 2 aliphatic heterocycles. The molecule has 72 valence electrons. The average molecular weight is 181 g/mol. The van der Waals surface area contributed by atoms with E-state index in [2.05, 4.69) is 21.9 Å². The Hall–Kier alpha value is -0.670. The second-order valence-electron chi connectivity index (χ2n) is 3.69. The Balaban J connectivity index is 2.20. The van der Waals surface area contributed by atoms with Gasteiger partial charge in [-0.05, 0) is 13.0 Å². The summed E-state index contributed by atoms with van der Waals surface area (Å²) in [6.45, 7) is 4.43. The Labute approximate surface area is 77.8 Å². The molecule has 0 bridgehead atoms. The third-order valence-electron chi connectivity index (χ3n) is 2.92. The predicted octanol–water partition coefficient (Wildman–Crippen LogP) is -1.33. The van der Waals surface area contributed by atoms with Crippen molar-refractivity contribution in [2.24, 2.45) is 0 Å². The van der Waals surface area contributed by atoms with Crippen molar-refractivity contribution >= 4 is 5.94 Å². The molecule has 2 rings (SSSR count). The van der Waals surface area contributed by atoms with E-state index in [0.717, 1.165) is 38.2 Å². The second kappa shape index (κ2) is 3.60. The molecule has 0 aromatic rings. The highest BCUT2D eigenvalue weighted by atomic mass is 16.1. The highest BCUT2D eigenvalue weighted by molar-refractivity contribution is 5.58. The standard InChI is InChI=1S/C9H15N3O/c13-6-8-5-10-2-1-9(8)7-11-3-4-12-9/h10-12H,1-5,7H2. The van der Waals surface area contributed by atoms with Crippen LogP contribution in [0.4, 0.5) is 0 Å². The number of nitrogens with one attached hydrogen (secondary N) is 3. The summed E-state index contributed by atoms with van der Waals surface area (Å²) in [5.41, 5.74) is 0.733. The molecular weight excluding hydrogens is 166 g/mol. The van der Waals surface area contributed by atoms with E-state index in [4.69, 9.17) is 0 Å². The molecule has 0 aromatic carbocycles. The average Bonchev–Trinajstić information content (AvgIpc) is 2.20. The number of hydrogen-bond donors (Lipinski definition) is 3. The Morgan fingerprint density at radius 1 is 1.23 bits per heavy atom. The lowest BCUT2D eigenvalue weighted by Crippen LogP contribution is -2.64. The number of hydrogen-bond acceptors (Lipinski definition) is 4. The van der Waals surface area contributed by atoms with Gasteiger partial charge in [0.2, 0.25) is 0 Å². The van der Waals surface area contributed by atoms with Gasteiger partial charge in [-0.3, -0.25) is 0 Å². The molecule has 0 saturated carbocycles. The van der Waals surface area contributed by atoms with Crippen LogP contribution in [0, 0.1) is 0 Å². The molecule has 2 saturated heterocycles. The molecule has 0 radical (unpaired) electrons. The summed E-state index contributed by atoms with van der Waals surface area (Å²) in [5, 5.41) is 9.94. The van der Waals surface area contributed by atoms with Crippen LogP contribution in [-0.4, -0.2) is 44.2 Å². The van der Waals surface area contributed by atoms with Crippen molar-refractivity contribution in [2.45, 2.75) is 12.0 Å². The summed E-state index contributed by atoms with van der Waals surface area (Å²) in [6, 6.07) is 0. The van der Waals surface area contributed by atoms with Crippen molar-refractivity contribution in [1.29, 1.82) is 0 Å². The SMILES string of the molecule is O=C=C1CNCCC12CNCCN2. The van der Waals surface area contributed by atoms with Crippen LogP contribution < -0.4 is 16.0 Å². The van der Waals surface area contributed by atoms with Crippen molar-refractivity contribution in [3.05, 3.63) is 5.57 Å². The summed E-state index contributed by atoms with van der Waals surface area (Å²) in [7, 11) is 0. The molecular formula is C9H15N3O. The summed E-state index contributed by atoms with van der Waals surface area (Å²) < 4.78 is 0. The van der Waals surface area contributed by atoms with Crippen molar-refractivity contribution in [3.63, 3.8) is 0 Å². The van der Waals surface area contributed by atoms with Crippen LogP contribution in [0.25, 0.3) is 0 Å². The van der Waals surface area contributed by atoms with Gasteiger partial charge in [0.25, 0.3) is 0 Å². The topological polar surface area (TPSA) is 53.2 Å². The van der Waals surface area contributed by atoms with E-state index in [9.17, 15) is 4.79 Å². The minimum absolute atomic E-state index is 0.106. The van der Waals surface area contributed by atoms with E-state index in [0.29, 0.717) is 6.54 Å². The summed E-state index contributed by atoms with van der Waals surface area (Å²) in [4.78, 5) is 10.8. The minimum atomic E-state index is -0.106. The molecule has 0 amide bonds. The van der Waals surface area contributed by atoms with E-state index in [1.807, 2.05) is 0 Å². The van der Waals surface area contributed by atoms with Crippen LogP contribution in [0.1, 0.15) is 6.42 Å². The first-order chi connectivity index (χ1) is 6.37. The zero-order valence-corrected chi connectivity index (χ0v) is 7.65. The normalized spacial score (nSPS) is 34.6. The molecule has 0 aliphatic carbocycles. The van der Waals surface area contributed by atoms with E-state index >= 15 is 0 Å². The van der Waals surface area contributed by atoms with Crippen LogP contribution >= 0.6 is 0 Å². The lowest BCUT2D eigenvalue weighted by atomic mass is 9.83. The molecule has 13 heavy (non-hydrogen) atoms. The Bertz CT molecular complexity index is 231. The molecule has 2 heterocycles. The zero-order valence-electron chi connectivity index (χ0n) is 7.65. The molecule has 4 heteroatoms. The first-order valence-corrected chi connectivity index (χ1v) is 4.78. The molecule has 4 nitrogen and oxygen atoms in total. The highest BCUT2D eigenvalue weighted by Crippen LogP contribution is 2.22. The largest absolute Gasteiger partial charge is 0.313 e. The van der Waals surface area contributed by atoms with Gasteiger partial charge in [-0.2, -0.15) is 0 Å². The van der Waals surface area contributed by atoms with Gasteiger partial charge in [0.05, 0.1) is 5.54 Å². The Morgan fingerprint density at radius 2 is 2.15 bits per heavy atom. The lowest BCUT2D eigenvalue weighted by Gasteiger charge is -2.42. The summed E-state index contributed by atoms with van der Waals surface area (Å²) in [6.07, 6.45) is 0.977. The maximum atomic E-state index is 10.8. The first-order valence-electron chi connectivity index (χ1n) is 4.78. The maximum Gasteiger partial charge on any atom is 0.126 e. The molecule has 3 N–H and O–H groups in total. The molecule has 2 aliphatic rings. The van der Waals surface area contributed by atoms with Gasteiger partial charge in [0.1, 0.15) is 5.94 Å². The van der Waals surface area contributed by atoms with Crippen LogP contribution in [0.5, 0.6) is 0 Å². The van der Waals surface area contributed by atoms with Crippen molar-refractivity contribution in [1.82, 2.24) is 16.0 Å². The van der Waals surface area contributed by atoms with Gasteiger partial charge in [-0.1, -0.05) is 0 Å². The third kappa shape index (κ3) is 1.54. The van der Waals surface area contributed by atoms with Gasteiger partial charge in [-0.15, -0.1) is 0 Å². The summed E-state index contributed by atoms with van der Waals surface area (Å²) in [5.74, 6) is 2.07. The number of carbonyl (C=O) groups excluding carboxylic acids is 1. The Kier molecular flexibility index (Phi) is 2.47. The molecule has 2 fully saturated rings. The molecule has 1 unspecified atom stereocenters. The van der Waals surface area contributed by atoms with Crippen LogP contribution in [0.2, 0.25) is 0 Å². The summed E-state index contributed by atoms with van der Waals surface area (Å²) >= 11 is 0. The molecule has 1 atom stereocenters. The quantitative estimate of drug-likeness (QED) is 0.405. The van der Waals surface area contributed by atoms with E-state index < -0.39 is 0 Å². The predicted molar refractivity (Wildman–Crippen MR) is 50.3 cm³/mol. The van der Waals surface area contributed by atoms with E-state index in [1.165, 1.54) is 0 Å². The van der Waals surface area contributed by atoms with Crippen molar-refractivity contribution in [3.8, 4) is 0 Å². The monoisotopic (exact) mass is 181 g/mol. The third-order valence-corrected chi connectivity index (χ3v) is 2.92. The zero-order chi connectivity index (χ0) is 9.15. The highest BCUT2D eigenvalue weighted by Gasteiger charge is 2.38. The fourth-order valence-electron chi connectivity index (χ4n) is 2.11. The van der Waals surface area contributed by atoms with Gasteiger partial charge in [0, 0.05) is 31.8 Å². The Morgan fingerprint density at radius 3 is 2.85 bits per heavy atom. The fourth-order valence-corrected chi connectivity index (χ4v) is 2.11. The van der Waals surface area contributed by atoms with Crippen LogP contribution in [0.15, 0.2) is 5.57 Å². The molecule has 1 spiro atoms. The maximum absolute atomic E-state index is 10.8. The van der Waals surface area contributed by atoms with Crippen LogP contribution in [-0.2, 0) is 4.79 Å². The number of piperidine rings is 1. The van der Waals surface area contributed by atoms with E-state index in [-0.39, 0.29) is 5.54 Å².